The second kappa shape index (κ2) is 9.63. The summed E-state index contributed by atoms with van der Waals surface area (Å²) in [7, 11) is 0. The second-order valence-electron chi connectivity index (χ2n) is 7.99. The van der Waals surface area contributed by atoms with Crippen LogP contribution in [0.1, 0.15) is 15.9 Å². The summed E-state index contributed by atoms with van der Waals surface area (Å²) in [6, 6.07) is 22.6. The molecule has 0 fully saturated rings. The van der Waals surface area contributed by atoms with E-state index in [1.54, 1.807) is 6.07 Å². The Morgan fingerprint density at radius 2 is 1.58 bits per heavy atom. The zero-order valence-electron chi connectivity index (χ0n) is 18.7. The number of fused-ring (bicyclic) bond motifs is 2. The first-order valence-electron chi connectivity index (χ1n) is 11.0. The minimum absolute atomic E-state index is 0.0258. The van der Waals surface area contributed by atoms with Crippen molar-refractivity contribution < 1.29 is 24.0 Å². The van der Waals surface area contributed by atoms with Crippen LogP contribution in [-0.2, 0) is 14.3 Å². The Morgan fingerprint density at radius 3 is 2.39 bits per heavy atom. The number of hydrogen-bond acceptors (Lipinski definition) is 7. The predicted octanol–water partition coefficient (Wildman–Crippen LogP) is 5.23. The standard InChI is InChI=1S/C27H18N2O6S/c30-24(28-21-10-3-4-11-22(21)29(33)34)14-35-25(31)15-36-23-13-12-17-16-6-1-2-7-18(16)27(32)20-9-5-8-19(23)26(17)20/h1-13H,14-15H2,(H,28,30). The molecule has 0 unspecified atom stereocenters. The number of hydrogen-bond donors (Lipinski definition) is 1. The SMILES string of the molecule is O=C(COC(=O)CSc1ccc2c3c(cccc13)C(=O)c1ccccc1-2)Nc1ccccc1[N+](=O)[O-]. The monoisotopic (exact) mass is 498 g/mol. The van der Waals surface area contributed by atoms with E-state index in [0.29, 0.717) is 11.1 Å². The van der Waals surface area contributed by atoms with Crippen molar-refractivity contribution in [1.82, 2.24) is 0 Å². The van der Waals surface area contributed by atoms with E-state index in [2.05, 4.69) is 5.32 Å². The number of rotatable bonds is 7. The lowest BCUT2D eigenvalue weighted by molar-refractivity contribution is -0.383. The molecule has 0 aliphatic heterocycles. The van der Waals surface area contributed by atoms with Crippen molar-refractivity contribution in [2.24, 2.45) is 0 Å². The highest BCUT2D eigenvalue weighted by Gasteiger charge is 2.25. The van der Waals surface area contributed by atoms with Crippen LogP contribution in [0.15, 0.2) is 83.8 Å². The van der Waals surface area contributed by atoms with Gasteiger partial charge in [0, 0.05) is 27.5 Å². The van der Waals surface area contributed by atoms with Crippen molar-refractivity contribution in [1.29, 1.82) is 0 Å². The Kier molecular flexibility index (Phi) is 6.22. The molecular formula is C27H18N2O6S. The van der Waals surface area contributed by atoms with Gasteiger partial charge in [-0.2, -0.15) is 0 Å². The molecule has 0 saturated carbocycles. The van der Waals surface area contributed by atoms with Crippen LogP contribution in [0.25, 0.3) is 21.9 Å². The summed E-state index contributed by atoms with van der Waals surface area (Å²) in [5.74, 6) is -1.38. The third-order valence-electron chi connectivity index (χ3n) is 5.79. The summed E-state index contributed by atoms with van der Waals surface area (Å²) in [4.78, 5) is 48.8. The molecule has 1 aliphatic carbocycles. The van der Waals surface area contributed by atoms with E-state index >= 15 is 0 Å². The molecule has 1 N–H and O–H groups in total. The highest BCUT2D eigenvalue weighted by molar-refractivity contribution is 8.00. The number of carbonyl (C=O) groups is 3. The molecule has 4 aromatic carbocycles. The number of benzene rings is 4. The number of carbonyl (C=O) groups excluding carboxylic acids is 3. The number of amides is 1. The van der Waals surface area contributed by atoms with Crippen LogP contribution in [0.2, 0.25) is 0 Å². The number of thioether (sulfide) groups is 1. The van der Waals surface area contributed by atoms with E-state index in [-0.39, 0.29) is 22.9 Å². The van der Waals surface area contributed by atoms with Crippen molar-refractivity contribution in [3.8, 4) is 11.1 Å². The van der Waals surface area contributed by atoms with Crippen molar-refractivity contribution in [3.63, 3.8) is 0 Å². The van der Waals surface area contributed by atoms with Gasteiger partial charge in [0.1, 0.15) is 5.69 Å². The van der Waals surface area contributed by atoms with Crippen molar-refractivity contribution >= 4 is 51.6 Å². The van der Waals surface area contributed by atoms with Crippen LogP contribution in [0.5, 0.6) is 0 Å². The Morgan fingerprint density at radius 1 is 0.861 bits per heavy atom. The van der Waals surface area contributed by atoms with Gasteiger partial charge in [0.15, 0.2) is 12.4 Å². The zero-order chi connectivity index (χ0) is 25.2. The third kappa shape index (κ3) is 4.32. The quantitative estimate of drug-likeness (QED) is 0.141. The first-order valence-corrected chi connectivity index (χ1v) is 11.9. The number of nitro benzene ring substituents is 1. The summed E-state index contributed by atoms with van der Waals surface area (Å²) in [6.07, 6.45) is 0. The lowest BCUT2D eigenvalue weighted by Gasteiger charge is -2.21. The highest BCUT2D eigenvalue weighted by Crippen LogP contribution is 2.42. The van der Waals surface area contributed by atoms with E-state index < -0.39 is 23.4 Å². The number of nitrogens with zero attached hydrogens (tertiary/aromatic N) is 1. The van der Waals surface area contributed by atoms with Crippen molar-refractivity contribution in [2.45, 2.75) is 4.90 Å². The summed E-state index contributed by atoms with van der Waals surface area (Å²) in [5, 5.41) is 15.2. The topological polar surface area (TPSA) is 116 Å². The van der Waals surface area contributed by atoms with E-state index in [1.807, 2.05) is 54.6 Å². The average molecular weight is 499 g/mol. The Labute approximate surface area is 209 Å². The molecule has 0 radical (unpaired) electrons. The van der Waals surface area contributed by atoms with Crippen molar-refractivity contribution in [3.05, 3.63) is 100 Å². The minimum Gasteiger partial charge on any atom is -0.455 e. The number of nitrogens with one attached hydrogen (secondary N) is 1. The van der Waals surface area contributed by atoms with Gasteiger partial charge in [-0.3, -0.25) is 24.5 Å². The number of para-hydroxylation sites is 2. The van der Waals surface area contributed by atoms with Gasteiger partial charge in [-0.05, 0) is 28.6 Å². The Bertz CT molecular complexity index is 1570. The van der Waals surface area contributed by atoms with Gasteiger partial charge in [-0.25, -0.2) is 0 Å². The highest BCUT2D eigenvalue weighted by atomic mass is 32.2. The molecule has 0 bridgehead atoms. The molecule has 5 rings (SSSR count). The van der Waals surface area contributed by atoms with Gasteiger partial charge in [0.2, 0.25) is 0 Å². The maximum Gasteiger partial charge on any atom is 0.316 e. The normalized spacial score (nSPS) is 11.6. The van der Waals surface area contributed by atoms with Gasteiger partial charge in [-0.15, -0.1) is 11.8 Å². The molecule has 1 amide bonds. The molecule has 178 valence electrons. The molecule has 4 aromatic rings. The molecule has 0 spiro atoms. The minimum atomic E-state index is -0.679. The fraction of sp³-hybridized carbons (Fsp3) is 0.0741. The van der Waals surface area contributed by atoms with Crippen LogP contribution >= 0.6 is 11.8 Å². The molecule has 9 heteroatoms. The van der Waals surface area contributed by atoms with Gasteiger partial charge < -0.3 is 10.1 Å². The molecule has 0 heterocycles. The number of anilines is 1. The molecule has 36 heavy (non-hydrogen) atoms. The van der Waals surface area contributed by atoms with Crippen molar-refractivity contribution in [2.75, 3.05) is 17.7 Å². The second-order valence-corrected chi connectivity index (χ2v) is 9.00. The maximum absolute atomic E-state index is 13.1. The summed E-state index contributed by atoms with van der Waals surface area (Å²) in [6.45, 7) is -0.569. The van der Waals surface area contributed by atoms with Crippen LogP contribution in [0.4, 0.5) is 11.4 Å². The third-order valence-corrected chi connectivity index (χ3v) is 6.84. The predicted molar refractivity (Wildman–Crippen MR) is 136 cm³/mol. The number of nitro groups is 1. The maximum atomic E-state index is 13.1. The van der Waals surface area contributed by atoms with Gasteiger partial charge in [-0.1, -0.05) is 60.7 Å². The van der Waals surface area contributed by atoms with E-state index in [0.717, 1.165) is 26.8 Å². The summed E-state index contributed by atoms with van der Waals surface area (Å²) < 4.78 is 5.06. The number of ketones is 1. The molecular weight excluding hydrogens is 480 g/mol. The first-order chi connectivity index (χ1) is 17.4. The van der Waals surface area contributed by atoms with E-state index in [4.69, 9.17) is 4.74 Å². The van der Waals surface area contributed by atoms with E-state index in [9.17, 15) is 24.5 Å². The molecule has 0 atom stereocenters. The molecule has 0 saturated heterocycles. The fourth-order valence-electron chi connectivity index (χ4n) is 4.23. The lowest BCUT2D eigenvalue weighted by Crippen LogP contribution is -2.22. The average Bonchev–Trinajstić information content (AvgIpc) is 2.89. The van der Waals surface area contributed by atoms with Crippen LogP contribution in [0, 0.1) is 10.1 Å². The Hall–Kier alpha value is -4.50. The largest absolute Gasteiger partial charge is 0.455 e. The van der Waals surface area contributed by atoms with Crippen LogP contribution in [0.3, 0.4) is 0 Å². The zero-order valence-corrected chi connectivity index (χ0v) is 19.5. The van der Waals surface area contributed by atoms with E-state index in [1.165, 1.54) is 30.0 Å². The molecule has 0 aromatic heterocycles. The van der Waals surface area contributed by atoms with Gasteiger partial charge >= 0.3 is 5.97 Å². The van der Waals surface area contributed by atoms with Gasteiger partial charge in [0.05, 0.1) is 10.7 Å². The summed E-state index contributed by atoms with van der Waals surface area (Å²) in [5.41, 5.74) is 2.91. The van der Waals surface area contributed by atoms with Crippen LogP contribution in [-0.4, -0.2) is 34.9 Å². The van der Waals surface area contributed by atoms with Gasteiger partial charge in [0.25, 0.3) is 11.6 Å². The molecule has 1 aliphatic rings. The Balaban J connectivity index is 1.27. The summed E-state index contributed by atoms with van der Waals surface area (Å²) >= 11 is 1.25. The molecule has 8 nitrogen and oxygen atoms in total. The first kappa shape index (κ1) is 23.3. The van der Waals surface area contributed by atoms with Crippen LogP contribution < -0.4 is 5.32 Å². The smallest absolute Gasteiger partial charge is 0.316 e. The number of ether oxygens (including phenoxy) is 1. The fourth-order valence-corrected chi connectivity index (χ4v) is 5.08. The lowest BCUT2D eigenvalue weighted by atomic mass is 9.83. The number of esters is 1.